The van der Waals surface area contributed by atoms with Crippen LogP contribution in [0.15, 0.2) is 65.4 Å². The van der Waals surface area contributed by atoms with Gasteiger partial charge in [-0.3, -0.25) is 9.78 Å². The number of amides is 1. The number of hydrogen-bond donors (Lipinski definition) is 2. The van der Waals surface area contributed by atoms with E-state index in [4.69, 9.17) is 21.3 Å². The Balaban J connectivity index is 0.00000134. The molecule has 1 atom stereocenters. The Morgan fingerprint density at radius 2 is 1.92 bits per heavy atom. The number of aryl methyl sites for hydroxylation is 2. The third-order valence-electron chi connectivity index (χ3n) is 6.82. The van der Waals surface area contributed by atoms with E-state index in [1.807, 2.05) is 56.3 Å². The second kappa shape index (κ2) is 15.3. The fraction of sp³-hybridized carbons (Fsp3) is 0.452. The molecule has 4 bridgehead atoms. The Kier molecular flexibility index (Phi) is 11.9. The number of aliphatic imine (C=N–C) groups is 1. The number of benzene rings is 1. The van der Waals surface area contributed by atoms with Crippen molar-refractivity contribution in [2.45, 2.75) is 66.0 Å². The quantitative estimate of drug-likeness (QED) is 0.399. The number of piperidine rings is 1. The maximum absolute atomic E-state index is 11.6. The summed E-state index contributed by atoms with van der Waals surface area (Å²) in [7, 11) is 0. The second-order valence-corrected chi connectivity index (χ2v) is 10.4. The monoisotopic (exact) mass is 551 g/mol. The van der Waals surface area contributed by atoms with Crippen LogP contribution in [0.1, 0.15) is 58.1 Å². The zero-order valence-electron chi connectivity index (χ0n) is 23.7. The molecule has 0 radical (unpaired) electrons. The number of aromatic nitrogens is 1. The highest BCUT2D eigenvalue weighted by molar-refractivity contribution is 6.44. The van der Waals surface area contributed by atoms with E-state index in [1.165, 1.54) is 0 Å². The number of halogens is 1. The average molecular weight is 552 g/mol. The number of pyridine rings is 1. The number of amidine groups is 1. The Morgan fingerprint density at radius 1 is 1.18 bits per heavy atom. The normalized spacial score (nSPS) is 19.3. The van der Waals surface area contributed by atoms with Gasteiger partial charge in [0.2, 0.25) is 5.91 Å². The molecule has 210 valence electrons. The van der Waals surface area contributed by atoms with Gasteiger partial charge >= 0.3 is 0 Å². The minimum absolute atomic E-state index is 0.174. The number of nitrogens with zero attached hydrogens (tertiary/aromatic N) is 3. The molecule has 1 amide bonds. The predicted octanol–water partition coefficient (Wildman–Crippen LogP) is 6.81. The summed E-state index contributed by atoms with van der Waals surface area (Å²) in [6.45, 7) is 13.2. The van der Waals surface area contributed by atoms with Crippen molar-refractivity contribution in [2.24, 2.45) is 10.9 Å². The molecule has 8 heteroatoms. The van der Waals surface area contributed by atoms with Crippen molar-refractivity contribution in [1.82, 2.24) is 9.88 Å². The maximum atomic E-state index is 11.6. The second-order valence-electron chi connectivity index (χ2n) is 9.96. The van der Waals surface area contributed by atoms with Gasteiger partial charge in [-0.15, -0.1) is 6.58 Å². The van der Waals surface area contributed by atoms with Crippen molar-refractivity contribution in [3.8, 4) is 5.75 Å². The van der Waals surface area contributed by atoms with Crippen LogP contribution in [0.2, 0.25) is 0 Å². The summed E-state index contributed by atoms with van der Waals surface area (Å²) in [5.41, 5.74) is 4.14. The number of likely N-dealkylation sites (tertiary alicyclic amines) is 1. The molecule has 1 fully saturated rings. The minimum atomic E-state index is -0.191. The molecule has 1 aromatic heterocycles. The van der Waals surface area contributed by atoms with Gasteiger partial charge in [-0.1, -0.05) is 23.8 Å². The molecule has 7 nitrogen and oxygen atoms in total. The molecular weight excluding hydrogens is 510 g/mol. The Bertz CT molecular complexity index is 1170. The first-order valence-electron chi connectivity index (χ1n) is 13.8. The van der Waals surface area contributed by atoms with Gasteiger partial charge in [0.1, 0.15) is 17.8 Å². The van der Waals surface area contributed by atoms with Gasteiger partial charge in [0.15, 0.2) is 0 Å². The molecule has 0 spiro atoms. The van der Waals surface area contributed by atoms with Gasteiger partial charge in [0.25, 0.3) is 0 Å². The highest BCUT2D eigenvalue weighted by Crippen LogP contribution is 2.28. The fourth-order valence-corrected chi connectivity index (χ4v) is 4.84. The third kappa shape index (κ3) is 9.43. The number of nitrogens with one attached hydrogen (secondary N) is 2. The zero-order chi connectivity index (χ0) is 28.2. The van der Waals surface area contributed by atoms with Crippen molar-refractivity contribution in [3.63, 3.8) is 0 Å². The van der Waals surface area contributed by atoms with E-state index in [1.54, 1.807) is 13.0 Å². The number of rotatable bonds is 5. The first-order chi connectivity index (χ1) is 18.8. The van der Waals surface area contributed by atoms with E-state index in [2.05, 4.69) is 34.3 Å². The Labute approximate surface area is 238 Å². The molecule has 2 aromatic rings. The largest absolute Gasteiger partial charge is 0.493 e. The Hall–Kier alpha value is -3.32. The SMILES string of the molecule is C/C=C(Cl)\C1=N/C(C)Nc2cncc(c2)CCc2cc(ccc2OCCC2CCN(C(C)=O)CC2)N1.C=CC. The maximum Gasteiger partial charge on any atom is 0.219 e. The molecule has 1 unspecified atom stereocenters. The molecule has 1 saturated heterocycles. The van der Waals surface area contributed by atoms with E-state index < -0.39 is 0 Å². The first kappa shape index (κ1) is 30.2. The van der Waals surface area contributed by atoms with Crippen LogP contribution in [-0.4, -0.2) is 47.5 Å². The van der Waals surface area contributed by atoms with Gasteiger partial charge in [-0.2, -0.15) is 0 Å². The van der Waals surface area contributed by atoms with Crippen LogP contribution in [0.5, 0.6) is 5.75 Å². The van der Waals surface area contributed by atoms with E-state index in [0.29, 0.717) is 23.4 Å². The van der Waals surface area contributed by atoms with Gasteiger partial charge in [-0.25, -0.2) is 4.99 Å². The van der Waals surface area contributed by atoms with Gasteiger partial charge in [0.05, 0.1) is 23.5 Å². The number of ether oxygens (including phenoxy) is 1. The minimum Gasteiger partial charge on any atom is -0.493 e. The molecule has 4 rings (SSSR count). The molecule has 2 aliphatic heterocycles. The molecule has 3 heterocycles. The van der Waals surface area contributed by atoms with Crippen molar-refractivity contribution in [1.29, 1.82) is 0 Å². The third-order valence-corrected chi connectivity index (χ3v) is 7.22. The molecule has 2 N–H and O–H groups in total. The highest BCUT2D eigenvalue weighted by atomic mass is 35.5. The van der Waals surface area contributed by atoms with Gasteiger partial charge in [0, 0.05) is 31.9 Å². The average Bonchev–Trinajstić information content (AvgIpc) is 2.93. The predicted molar refractivity (Wildman–Crippen MR) is 163 cm³/mol. The molecule has 39 heavy (non-hydrogen) atoms. The molecular formula is C31H42ClN5O2. The number of carbonyl (C=O) groups excluding carboxylic acids is 1. The van der Waals surface area contributed by atoms with E-state index in [-0.39, 0.29) is 12.1 Å². The first-order valence-corrected chi connectivity index (χ1v) is 14.2. The molecule has 1 aromatic carbocycles. The van der Waals surface area contributed by atoms with E-state index in [0.717, 1.165) is 73.4 Å². The van der Waals surface area contributed by atoms with E-state index in [9.17, 15) is 4.79 Å². The molecule has 0 saturated carbocycles. The molecule has 2 aliphatic rings. The summed E-state index contributed by atoms with van der Waals surface area (Å²) in [6.07, 6.45) is 11.9. The lowest BCUT2D eigenvalue weighted by Gasteiger charge is -2.31. The number of allylic oxidation sites excluding steroid dienone is 2. The summed E-state index contributed by atoms with van der Waals surface area (Å²) < 4.78 is 6.31. The van der Waals surface area contributed by atoms with Crippen LogP contribution in [0, 0.1) is 5.92 Å². The van der Waals surface area contributed by atoms with Crippen LogP contribution in [-0.2, 0) is 17.6 Å². The van der Waals surface area contributed by atoms with Crippen LogP contribution in [0.3, 0.4) is 0 Å². The number of hydrogen-bond acceptors (Lipinski definition) is 6. The van der Waals surface area contributed by atoms with Crippen LogP contribution >= 0.6 is 11.6 Å². The topological polar surface area (TPSA) is 78.9 Å². The summed E-state index contributed by atoms with van der Waals surface area (Å²) in [5, 5.41) is 7.35. The lowest BCUT2D eigenvalue weighted by Crippen LogP contribution is -2.37. The van der Waals surface area contributed by atoms with E-state index >= 15 is 0 Å². The fourth-order valence-electron chi connectivity index (χ4n) is 4.74. The lowest BCUT2D eigenvalue weighted by atomic mass is 9.94. The van der Waals surface area contributed by atoms with Gasteiger partial charge < -0.3 is 20.3 Å². The van der Waals surface area contributed by atoms with Crippen molar-refractivity contribution >= 4 is 34.7 Å². The summed E-state index contributed by atoms with van der Waals surface area (Å²) in [6, 6.07) is 8.30. The van der Waals surface area contributed by atoms with Gasteiger partial charge in [-0.05, 0) is 94.2 Å². The Morgan fingerprint density at radius 3 is 2.62 bits per heavy atom. The van der Waals surface area contributed by atoms with Crippen LogP contribution in [0.25, 0.3) is 0 Å². The van der Waals surface area contributed by atoms with Crippen molar-refractivity contribution < 1.29 is 9.53 Å². The van der Waals surface area contributed by atoms with Crippen LogP contribution < -0.4 is 15.4 Å². The summed E-state index contributed by atoms with van der Waals surface area (Å²) in [4.78, 5) is 22.7. The number of fused-ring (bicyclic) bond motifs is 4. The van der Waals surface area contributed by atoms with Crippen molar-refractivity contribution in [3.05, 3.63) is 71.5 Å². The zero-order valence-corrected chi connectivity index (χ0v) is 24.4. The standard InChI is InChI=1S/C28H36ClN5O2.C3H6/c1-4-26(29)28-32-19(2)31-25-15-22(17-30-18-25)5-6-23-16-24(33-28)7-8-27(23)36-14-11-21-9-12-34(13-10-21)20(3)35;1-3-2/h4,7-8,15-19,21,31H,5-6,9-14H2,1-3H3,(H,32,33);3H,1H2,2H3/b26-4+;. The summed E-state index contributed by atoms with van der Waals surface area (Å²) in [5.74, 6) is 2.28. The smallest absolute Gasteiger partial charge is 0.219 e. The summed E-state index contributed by atoms with van der Waals surface area (Å²) >= 11 is 6.49. The number of anilines is 2. The molecule has 0 aliphatic carbocycles. The van der Waals surface area contributed by atoms with Crippen LogP contribution in [0.4, 0.5) is 11.4 Å². The number of carbonyl (C=O) groups is 1. The highest BCUT2D eigenvalue weighted by Gasteiger charge is 2.21. The lowest BCUT2D eigenvalue weighted by molar-refractivity contribution is -0.130. The van der Waals surface area contributed by atoms with Crippen molar-refractivity contribution in [2.75, 3.05) is 30.3 Å².